The highest BCUT2D eigenvalue weighted by Gasteiger charge is 2.28. The van der Waals surface area contributed by atoms with Gasteiger partial charge in [-0.25, -0.2) is 4.39 Å². The van der Waals surface area contributed by atoms with Gasteiger partial charge in [-0.3, -0.25) is 9.78 Å². The monoisotopic (exact) mass is 415 g/mol. The van der Waals surface area contributed by atoms with E-state index in [0.29, 0.717) is 36.2 Å². The van der Waals surface area contributed by atoms with Crippen molar-refractivity contribution in [3.05, 3.63) is 90.1 Å². The third kappa shape index (κ3) is 4.14. The summed E-state index contributed by atoms with van der Waals surface area (Å²) < 4.78 is 21.6. The Hall–Kier alpha value is -3.67. The van der Waals surface area contributed by atoms with Gasteiger partial charge in [-0.1, -0.05) is 24.3 Å². The first-order valence-corrected chi connectivity index (χ1v) is 10.4. The molecule has 1 aliphatic rings. The van der Waals surface area contributed by atoms with Gasteiger partial charge in [-0.2, -0.15) is 0 Å². The first kappa shape index (κ1) is 19.3. The zero-order chi connectivity index (χ0) is 21.2. The van der Waals surface area contributed by atoms with Crippen molar-refractivity contribution in [2.75, 3.05) is 11.9 Å². The van der Waals surface area contributed by atoms with Crippen molar-refractivity contribution in [1.29, 1.82) is 0 Å². The van der Waals surface area contributed by atoms with Gasteiger partial charge in [-0.05, 0) is 60.7 Å². The molecule has 31 heavy (non-hydrogen) atoms. The predicted molar refractivity (Wildman–Crippen MR) is 118 cm³/mol. The molecule has 5 rings (SSSR count). The highest BCUT2D eigenvalue weighted by molar-refractivity contribution is 6.10. The van der Waals surface area contributed by atoms with E-state index in [1.54, 1.807) is 36.7 Å². The van der Waals surface area contributed by atoms with E-state index >= 15 is 0 Å². The number of nitrogens with one attached hydrogen (secondary N) is 1. The van der Waals surface area contributed by atoms with Crippen LogP contribution in [0.25, 0.3) is 10.9 Å². The van der Waals surface area contributed by atoms with Gasteiger partial charge in [0.1, 0.15) is 5.82 Å². The second-order valence-electron chi connectivity index (χ2n) is 7.86. The van der Waals surface area contributed by atoms with Crippen LogP contribution in [0, 0.1) is 11.7 Å². The number of carbonyl (C=O) groups is 1. The Labute approximate surface area is 179 Å². The minimum Gasteiger partial charge on any atom is -0.490 e. The molecule has 4 aromatic rings. The fourth-order valence-corrected chi connectivity index (χ4v) is 3.69. The summed E-state index contributed by atoms with van der Waals surface area (Å²) in [6.07, 6.45) is 5.58. The largest absolute Gasteiger partial charge is 0.490 e. The Morgan fingerprint density at radius 1 is 1.10 bits per heavy atom. The Bertz CT molecular complexity index is 1210. The molecule has 1 amide bonds. The third-order valence-electron chi connectivity index (χ3n) is 5.47. The topological polar surface area (TPSA) is 56.1 Å². The van der Waals surface area contributed by atoms with Crippen LogP contribution in [0.1, 0.15) is 28.9 Å². The molecular weight excluding hydrogens is 393 g/mol. The number of rotatable bonds is 7. The number of halogens is 1. The standard InChI is InChI=1S/C25H22FN3O2/c26-19-11-9-17(10-12-19)15-29-22-6-2-1-5-21(22)24(31-16-18-7-8-18)23(29)25(30)28-20-4-3-13-27-14-20/h1-6,9-14,18H,7-8,15-16H2,(H,28,30). The van der Waals surface area contributed by atoms with Gasteiger partial charge in [0, 0.05) is 18.1 Å². The molecule has 2 heterocycles. The molecule has 0 bridgehead atoms. The van der Waals surface area contributed by atoms with Gasteiger partial charge in [0.05, 0.1) is 24.0 Å². The van der Waals surface area contributed by atoms with Crippen LogP contribution in [-0.4, -0.2) is 22.1 Å². The van der Waals surface area contributed by atoms with E-state index in [9.17, 15) is 9.18 Å². The molecule has 156 valence electrons. The molecule has 0 spiro atoms. The maximum absolute atomic E-state index is 13.4. The Kier molecular flexibility index (Phi) is 5.12. The Morgan fingerprint density at radius 3 is 2.65 bits per heavy atom. The van der Waals surface area contributed by atoms with Crippen molar-refractivity contribution in [3.8, 4) is 5.75 Å². The number of aromatic nitrogens is 2. The molecule has 0 aliphatic heterocycles. The normalized spacial score (nSPS) is 13.3. The average molecular weight is 415 g/mol. The fraction of sp³-hybridized carbons (Fsp3) is 0.200. The fourth-order valence-electron chi connectivity index (χ4n) is 3.69. The summed E-state index contributed by atoms with van der Waals surface area (Å²) in [6, 6.07) is 17.7. The molecule has 1 aliphatic carbocycles. The summed E-state index contributed by atoms with van der Waals surface area (Å²) in [7, 11) is 0. The lowest BCUT2D eigenvalue weighted by atomic mass is 10.2. The van der Waals surface area contributed by atoms with Crippen LogP contribution in [0.4, 0.5) is 10.1 Å². The molecule has 6 heteroatoms. The number of ether oxygens (including phenoxy) is 1. The van der Waals surface area contributed by atoms with E-state index in [-0.39, 0.29) is 11.7 Å². The van der Waals surface area contributed by atoms with Gasteiger partial charge in [0.15, 0.2) is 11.4 Å². The lowest BCUT2D eigenvalue weighted by molar-refractivity contribution is 0.101. The van der Waals surface area contributed by atoms with Crippen LogP contribution in [-0.2, 0) is 6.54 Å². The van der Waals surface area contributed by atoms with Crippen LogP contribution >= 0.6 is 0 Å². The number of amides is 1. The lowest BCUT2D eigenvalue weighted by Gasteiger charge is -2.13. The molecule has 1 fully saturated rings. The first-order chi connectivity index (χ1) is 15.2. The third-order valence-corrected chi connectivity index (χ3v) is 5.47. The highest BCUT2D eigenvalue weighted by atomic mass is 19.1. The number of carbonyl (C=O) groups excluding carboxylic acids is 1. The van der Waals surface area contributed by atoms with E-state index in [0.717, 1.165) is 29.3 Å². The van der Waals surface area contributed by atoms with Crippen molar-refractivity contribution < 1.29 is 13.9 Å². The summed E-state index contributed by atoms with van der Waals surface area (Å²) in [5, 5.41) is 3.83. The van der Waals surface area contributed by atoms with Crippen LogP contribution in [0.3, 0.4) is 0 Å². The number of hydrogen-bond acceptors (Lipinski definition) is 3. The maximum atomic E-state index is 13.4. The van der Waals surface area contributed by atoms with Gasteiger partial charge in [-0.15, -0.1) is 0 Å². The molecule has 0 radical (unpaired) electrons. The molecule has 5 nitrogen and oxygen atoms in total. The van der Waals surface area contributed by atoms with E-state index < -0.39 is 0 Å². The van der Waals surface area contributed by atoms with Gasteiger partial charge in [0.2, 0.25) is 0 Å². The minimum atomic E-state index is -0.288. The number of fused-ring (bicyclic) bond motifs is 1. The van der Waals surface area contributed by atoms with Gasteiger partial charge < -0.3 is 14.6 Å². The average Bonchev–Trinajstić information content (AvgIpc) is 3.57. The number of para-hydroxylation sites is 1. The molecule has 1 N–H and O–H groups in total. The Morgan fingerprint density at radius 2 is 1.90 bits per heavy atom. The Balaban J connectivity index is 1.60. The number of nitrogens with zero attached hydrogens (tertiary/aromatic N) is 2. The maximum Gasteiger partial charge on any atom is 0.276 e. The van der Waals surface area contributed by atoms with Crippen molar-refractivity contribution in [2.45, 2.75) is 19.4 Å². The minimum absolute atomic E-state index is 0.267. The molecule has 2 aromatic heterocycles. The second-order valence-corrected chi connectivity index (χ2v) is 7.86. The highest BCUT2D eigenvalue weighted by Crippen LogP contribution is 2.37. The summed E-state index contributed by atoms with van der Waals surface area (Å²) >= 11 is 0. The van der Waals surface area contributed by atoms with Crippen molar-refractivity contribution in [1.82, 2.24) is 9.55 Å². The first-order valence-electron chi connectivity index (χ1n) is 10.4. The second kappa shape index (κ2) is 8.22. The summed E-state index contributed by atoms with van der Waals surface area (Å²) in [6.45, 7) is 1.01. The van der Waals surface area contributed by atoms with Crippen molar-refractivity contribution in [2.24, 2.45) is 5.92 Å². The molecule has 1 saturated carbocycles. The van der Waals surface area contributed by atoms with Crippen LogP contribution in [0.15, 0.2) is 73.1 Å². The molecule has 0 atom stereocenters. The number of benzene rings is 2. The molecule has 0 saturated heterocycles. The van der Waals surface area contributed by atoms with E-state index in [4.69, 9.17) is 4.74 Å². The zero-order valence-corrected chi connectivity index (χ0v) is 16.9. The molecular formula is C25H22FN3O2. The number of anilines is 1. The van der Waals surface area contributed by atoms with Crippen LogP contribution < -0.4 is 10.1 Å². The molecule has 0 unspecified atom stereocenters. The van der Waals surface area contributed by atoms with Crippen molar-refractivity contribution >= 4 is 22.5 Å². The summed E-state index contributed by atoms with van der Waals surface area (Å²) in [4.78, 5) is 17.5. The SMILES string of the molecule is O=C(Nc1cccnc1)c1c(OCC2CC2)c2ccccc2n1Cc1ccc(F)cc1. The van der Waals surface area contributed by atoms with Crippen molar-refractivity contribution in [3.63, 3.8) is 0 Å². The van der Waals surface area contributed by atoms with Crippen LogP contribution in [0.2, 0.25) is 0 Å². The number of hydrogen-bond donors (Lipinski definition) is 1. The molecule has 2 aromatic carbocycles. The quantitative estimate of drug-likeness (QED) is 0.448. The number of pyridine rings is 1. The van der Waals surface area contributed by atoms with E-state index in [1.165, 1.54) is 12.1 Å². The smallest absolute Gasteiger partial charge is 0.276 e. The summed E-state index contributed by atoms with van der Waals surface area (Å²) in [5.41, 5.74) is 2.86. The summed E-state index contributed by atoms with van der Waals surface area (Å²) in [5.74, 6) is 0.584. The van der Waals surface area contributed by atoms with E-state index in [1.807, 2.05) is 28.8 Å². The van der Waals surface area contributed by atoms with Gasteiger partial charge >= 0.3 is 0 Å². The lowest BCUT2D eigenvalue weighted by Crippen LogP contribution is -2.19. The van der Waals surface area contributed by atoms with Crippen LogP contribution in [0.5, 0.6) is 5.75 Å². The van der Waals surface area contributed by atoms with Gasteiger partial charge in [0.25, 0.3) is 5.91 Å². The zero-order valence-electron chi connectivity index (χ0n) is 16.9. The van der Waals surface area contributed by atoms with E-state index in [2.05, 4.69) is 10.3 Å². The predicted octanol–water partition coefficient (Wildman–Crippen LogP) is 5.26.